The largest absolute Gasteiger partial charge is 0.493 e. The van der Waals surface area contributed by atoms with E-state index in [-0.39, 0.29) is 11.8 Å². The summed E-state index contributed by atoms with van der Waals surface area (Å²) in [4.78, 5) is 25.1. The van der Waals surface area contributed by atoms with Gasteiger partial charge in [0.2, 0.25) is 0 Å². The minimum absolute atomic E-state index is 0.132. The van der Waals surface area contributed by atoms with Gasteiger partial charge < -0.3 is 14.8 Å². The Balaban J connectivity index is 1.61. The summed E-state index contributed by atoms with van der Waals surface area (Å²) in [6, 6.07) is 20.8. The Bertz CT molecular complexity index is 1180. The fraction of sp³-hybridized carbons (Fsp3) is 0.222. The number of nitrogens with one attached hydrogen (secondary N) is 2. The first-order chi connectivity index (χ1) is 16.9. The number of amides is 2. The molecule has 0 aliphatic heterocycles. The summed E-state index contributed by atoms with van der Waals surface area (Å²) in [6.45, 7) is 4.00. The van der Waals surface area contributed by atoms with Crippen molar-refractivity contribution in [3.8, 4) is 11.5 Å². The molecule has 0 aliphatic rings. The Morgan fingerprint density at radius 3 is 2.40 bits per heavy atom. The molecule has 0 fully saturated rings. The molecule has 3 aromatic rings. The van der Waals surface area contributed by atoms with Crippen molar-refractivity contribution in [2.45, 2.75) is 26.5 Å². The third-order valence-corrected chi connectivity index (χ3v) is 5.56. The highest BCUT2D eigenvalue weighted by Gasteiger charge is 2.24. The number of halogens is 1. The van der Waals surface area contributed by atoms with Gasteiger partial charge in [0, 0.05) is 16.1 Å². The molecule has 1 atom stereocenters. The molecule has 3 aromatic carbocycles. The smallest absolute Gasteiger partial charge is 0.262 e. The van der Waals surface area contributed by atoms with Crippen LogP contribution in [0.25, 0.3) is 0 Å². The topological polar surface area (TPSA) is 89.0 Å². The molecule has 1 unspecified atom stereocenters. The van der Waals surface area contributed by atoms with Gasteiger partial charge >= 0.3 is 0 Å². The van der Waals surface area contributed by atoms with Crippen LogP contribution in [-0.2, 0) is 11.4 Å². The van der Waals surface area contributed by atoms with E-state index in [1.54, 1.807) is 49.6 Å². The highest BCUT2D eigenvalue weighted by Crippen LogP contribution is 2.29. The summed E-state index contributed by atoms with van der Waals surface area (Å²) in [5.41, 5.74) is 4.55. The van der Waals surface area contributed by atoms with Gasteiger partial charge in [0.15, 0.2) is 11.5 Å². The number of carbonyl (C=O) groups is 2. The molecule has 0 bridgehead atoms. The number of methoxy groups -OCH3 is 1. The quantitative estimate of drug-likeness (QED) is 0.312. The minimum atomic E-state index is -0.741. The molecule has 2 N–H and O–H groups in total. The zero-order chi connectivity index (χ0) is 25.2. The van der Waals surface area contributed by atoms with Crippen molar-refractivity contribution in [1.82, 2.24) is 10.7 Å². The molecule has 0 aromatic heterocycles. The van der Waals surface area contributed by atoms with Gasteiger partial charge in [0.25, 0.3) is 11.8 Å². The van der Waals surface area contributed by atoms with Gasteiger partial charge in [0.1, 0.15) is 12.6 Å². The first-order valence-corrected chi connectivity index (χ1v) is 11.5. The van der Waals surface area contributed by atoms with Crippen LogP contribution in [0, 0.1) is 5.92 Å². The number of ether oxygens (including phenoxy) is 2. The average molecular weight is 494 g/mol. The van der Waals surface area contributed by atoms with Crippen molar-refractivity contribution in [2.75, 3.05) is 7.11 Å². The van der Waals surface area contributed by atoms with Crippen LogP contribution in [0.1, 0.15) is 35.3 Å². The lowest BCUT2D eigenvalue weighted by Crippen LogP contribution is -2.48. The van der Waals surface area contributed by atoms with E-state index in [4.69, 9.17) is 21.1 Å². The number of benzene rings is 3. The Hall–Kier alpha value is -3.84. The predicted octanol–water partition coefficient (Wildman–Crippen LogP) is 4.83. The van der Waals surface area contributed by atoms with E-state index < -0.39 is 11.9 Å². The van der Waals surface area contributed by atoms with Gasteiger partial charge in [0.05, 0.1) is 13.3 Å². The van der Waals surface area contributed by atoms with Crippen LogP contribution >= 0.6 is 11.6 Å². The standard InChI is InChI=1S/C27H28ClN3O4/c1-18(2)25(30-26(32)20-9-5-4-6-10-20)27(33)31-29-16-19-13-14-23(24(15-19)34-3)35-17-21-11-7-8-12-22(21)28/h4-16,18,25H,17H2,1-3H3,(H,30,32)(H,31,33). The predicted molar refractivity (Wildman–Crippen MR) is 137 cm³/mol. The third kappa shape index (κ3) is 7.32. The van der Waals surface area contributed by atoms with Crippen LogP contribution in [0.2, 0.25) is 5.02 Å². The molecule has 182 valence electrons. The maximum absolute atomic E-state index is 12.7. The normalized spacial score (nSPS) is 11.8. The molecule has 8 heteroatoms. The lowest BCUT2D eigenvalue weighted by atomic mass is 10.0. The molecule has 0 heterocycles. The minimum Gasteiger partial charge on any atom is -0.493 e. The lowest BCUT2D eigenvalue weighted by molar-refractivity contribution is -0.123. The fourth-order valence-corrected chi connectivity index (χ4v) is 3.43. The van der Waals surface area contributed by atoms with E-state index in [0.29, 0.717) is 34.3 Å². The molecule has 0 spiro atoms. The zero-order valence-corrected chi connectivity index (χ0v) is 20.6. The van der Waals surface area contributed by atoms with Crippen LogP contribution in [0.15, 0.2) is 77.9 Å². The Morgan fingerprint density at radius 1 is 1.00 bits per heavy atom. The van der Waals surface area contributed by atoms with Gasteiger partial charge in [-0.1, -0.05) is 61.8 Å². The van der Waals surface area contributed by atoms with E-state index in [1.165, 1.54) is 6.21 Å². The van der Waals surface area contributed by atoms with Crippen molar-refractivity contribution < 1.29 is 19.1 Å². The third-order valence-electron chi connectivity index (χ3n) is 5.19. The second-order valence-electron chi connectivity index (χ2n) is 8.09. The van der Waals surface area contributed by atoms with Crippen LogP contribution in [0.4, 0.5) is 0 Å². The molecule has 0 radical (unpaired) electrons. The SMILES string of the molecule is COc1cc(C=NNC(=O)C(NC(=O)c2ccccc2)C(C)C)ccc1OCc1ccccc1Cl. The van der Waals surface area contributed by atoms with Crippen molar-refractivity contribution in [2.24, 2.45) is 11.0 Å². The summed E-state index contributed by atoms with van der Waals surface area (Å²) in [5, 5.41) is 7.44. The zero-order valence-electron chi connectivity index (χ0n) is 19.8. The summed E-state index contributed by atoms with van der Waals surface area (Å²) in [6.07, 6.45) is 1.49. The van der Waals surface area contributed by atoms with Crippen molar-refractivity contribution in [3.63, 3.8) is 0 Å². The second-order valence-corrected chi connectivity index (χ2v) is 8.49. The molecule has 0 saturated carbocycles. The highest BCUT2D eigenvalue weighted by atomic mass is 35.5. The average Bonchev–Trinajstić information content (AvgIpc) is 2.87. The Labute approximate surface area is 210 Å². The van der Waals surface area contributed by atoms with Gasteiger partial charge in [-0.15, -0.1) is 0 Å². The molecule has 0 aliphatic carbocycles. The summed E-state index contributed by atoms with van der Waals surface area (Å²) >= 11 is 6.19. The van der Waals surface area contributed by atoms with Crippen molar-refractivity contribution in [3.05, 3.63) is 94.5 Å². The van der Waals surface area contributed by atoms with E-state index in [2.05, 4.69) is 15.8 Å². The summed E-state index contributed by atoms with van der Waals surface area (Å²) in [7, 11) is 1.54. The molecule has 2 amide bonds. The van der Waals surface area contributed by atoms with E-state index in [1.807, 2.05) is 44.2 Å². The van der Waals surface area contributed by atoms with Crippen LogP contribution in [0.5, 0.6) is 11.5 Å². The maximum Gasteiger partial charge on any atom is 0.262 e. The fourth-order valence-electron chi connectivity index (χ4n) is 3.24. The number of hydrogen-bond donors (Lipinski definition) is 2. The monoisotopic (exact) mass is 493 g/mol. The Morgan fingerprint density at radius 2 is 1.71 bits per heavy atom. The number of nitrogens with zero attached hydrogens (tertiary/aromatic N) is 1. The van der Waals surface area contributed by atoms with E-state index >= 15 is 0 Å². The first-order valence-electron chi connectivity index (χ1n) is 11.1. The van der Waals surface area contributed by atoms with E-state index in [9.17, 15) is 9.59 Å². The lowest BCUT2D eigenvalue weighted by Gasteiger charge is -2.20. The van der Waals surface area contributed by atoms with Gasteiger partial charge in [-0.2, -0.15) is 5.10 Å². The van der Waals surface area contributed by atoms with Gasteiger partial charge in [-0.25, -0.2) is 5.43 Å². The number of carbonyl (C=O) groups excluding carboxylic acids is 2. The summed E-state index contributed by atoms with van der Waals surface area (Å²) < 4.78 is 11.3. The van der Waals surface area contributed by atoms with Crippen LogP contribution < -0.4 is 20.2 Å². The first kappa shape index (κ1) is 25.8. The van der Waals surface area contributed by atoms with Crippen molar-refractivity contribution >= 4 is 29.6 Å². The molecule has 3 rings (SSSR count). The molecule has 35 heavy (non-hydrogen) atoms. The molecule has 7 nitrogen and oxygen atoms in total. The number of hydrazone groups is 1. The highest BCUT2D eigenvalue weighted by molar-refractivity contribution is 6.31. The van der Waals surface area contributed by atoms with Gasteiger partial charge in [-0.05, 0) is 47.9 Å². The molecular weight excluding hydrogens is 466 g/mol. The van der Waals surface area contributed by atoms with Crippen LogP contribution in [-0.4, -0.2) is 31.2 Å². The number of hydrogen-bond acceptors (Lipinski definition) is 5. The number of rotatable bonds is 10. The second kappa shape index (κ2) is 12.6. The Kier molecular flexibility index (Phi) is 9.26. The van der Waals surface area contributed by atoms with Crippen molar-refractivity contribution in [1.29, 1.82) is 0 Å². The van der Waals surface area contributed by atoms with Crippen LogP contribution in [0.3, 0.4) is 0 Å². The summed E-state index contributed by atoms with van der Waals surface area (Å²) in [5.74, 6) is 0.208. The molecule has 0 saturated heterocycles. The van der Waals surface area contributed by atoms with E-state index in [0.717, 1.165) is 5.56 Å². The maximum atomic E-state index is 12.7. The molecular formula is C27H28ClN3O4. The van der Waals surface area contributed by atoms with Gasteiger partial charge in [-0.3, -0.25) is 9.59 Å².